The molecule has 1 N–H and O–H groups in total. The third kappa shape index (κ3) is 3.70. The summed E-state index contributed by atoms with van der Waals surface area (Å²) in [7, 11) is 0. The number of anilines is 1. The molecule has 7 heteroatoms. The fourth-order valence-corrected chi connectivity index (χ4v) is 4.32. The predicted octanol–water partition coefficient (Wildman–Crippen LogP) is 5.40. The highest BCUT2D eigenvalue weighted by Gasteiger charge is 2.18. The van der Waals surface area contributed by atoms with Crippen LogP contribution in [0.1, 0.15) is 15.9 Å². The van der Waals surface area contributed by atoms with Crippen LogP contribution in [0.5, 0.6) is 0 Å². The molecule has 1 amide bonds. The minimum absolute atomic E-state index is 0.146. The zero-order chi connectivity index (χ0) is 21.3. The monoisotopic (exact) mass is 416 g/mol. The molecule has 4 rings (SSSR count). The number of hydrogen-bond donors (Lipinski definition) is 1. The average molecular weight is 416 g/mol. The number of nitro benzene ring substituents is 1. The third-order valence-corrected chi connectivity index (χ3v) is 5.74. The smallest absolute Gasteiger partial charge is 0.270 e. The van der Waals surface area contributed by atoms with E-state index in [0.717, 1.165) is 10.3 Å². The van der Waals surface area contributed by atoms with Crippen molar-refractivity contribution in [2.24, 2.45) is 0 Å². The second kappa shape index (κ2) is 7.88. The standard InChI is InChI=1S/C23H16N2O4S/c1-14-6-4-7-15(12-14)20-21(26)18-10-2-3-11-19(18)30-23(20)24-22(27)16-8-5-9-17(13-16)25(28)29/h2-13H,1H3,(H,24,27). The molecule has 0 aliphatic carbocycles. The van der Waals surface area contributed by atoms with Crippen molar-refractivity contribution in [1.29, 1.82) is 0 Å². The van der Waals surface area contributed by atoms with E-state index >= 15 is 0 Å². The van der Waals surface area contributed by atoms with E-state index in [0.29, 0.717) is 21.5 Å². The van der Waals surface area contributed by atoms with Crippen molar-refractivity contribution in [3.63, 3.8) is 0 Å². The van der Waals surface area contributed by atoms with E-state index in [1.54, 1.807) is 12.1 Å². The van der Waals surface area contributed by atoms with E-state index in [1.165, 1.54) is 35.6 Å². The van der Waals surface area contributed by atoms with Gasteiger partial charge >= 0.3 is 0 Å². The van der Waals surface area contributed by atoms with Gasteiger partial charge in [0.2, 0.25) is 0 Å². The minimum atomic E-state index is -0.552. The van der Waals surface area contributed by atoms with Crippen molar-refractivity contribution in [2.75, 3.05) is 5.32 Å². The molecule has 0 atom stereocenters. The van der Waals surface area contributed by atoms with Gasteiger partial charge in [0.15, 0.2) is 5.43 Å². The highest BCUT2D eigenvalue weighted by molar-refractivity contribution is 7.22. The first kappa shape index (κ1) is 19.5. The molecule has 6 nitrogen and oxygen atoms in total. The van der Waals surface area contributed by atoms with Gasteiger partial charge in [0, 0.05) is 27.8 Å². The molecule has 0 spiro atoms. The summed E-state index contributed by atoms with van der Waals surface area (Å²) in [4.78, 5) is 36.6. The number of non-ortho nitro benzene ring substituents is 1. The van der Waals surface area contributed by atoms with Crippen LogP contribution >= 0.6 is 11.3 Å². The molecule has 148 valence electrons. The summed E-state index contributed by atoms with van der Waals surface area (Å²) >= 11 is 1.30. The van der Waals surface area contributed by atoms with Gasteiger partial charge in [-0.05, 0) is 30.7 Å². The number of amides is 1. The summed E-state index contributed by atoms with van der Waals surface area (Å²) in [6.45, 7) is 1.93. The molecular formula is C23H16N2O4S. The minimum Gasteiger partial charge on any atom is -0.313 e. The molecule has 1 aromatic heterocycles. The molecular weight excluding hydrogens is 400 g/mol. The van der Waals surface area contributed by atoms with Crippen LogP contribution in [-0.4, -0.2) is 10.8 Å². The van der Waals surface area contributed by atoms with Gasteiger partial charge < -0.3 is 5.32 Å². The van der Waals surface area contributed by atoms with E-state index in [2.05, 4.69) is 5.32 Å². The van der Waals surface area contributed by atoms with Crippen LogP contribution in [0.4, 0.5) is 10.7 Å². The Bertz CT molecular complexity index is 1360. The Morgan fingerprint density at radius 1 is 1.00 bits per heavy atom. The first-order valence-corrected chi connectivity index (χ1v) is 9.94. The molecule has 0 bridgehead atoms. The summed E-state index contributed by atoms with van der Waals surface area (Å²) < 4.78 is 0.744. The first-order chi connectivity index (χ1) is 14.4. The molecule has 0 fully saturated rings. The lowest BCUT2D eigenvalue weighted by molar-refractivity contribution is -0.384. The molecule has 0 unspecified atom stereocenters. The Kier molecular flexibility index (Phi) is 5.12. The van der Waals surface area contributed by atoms with Crippen molar-refractivity contribution < 1.29 is 9.72 Å². The van der Waals surface area contributed by atoms with Crippen LogP contribution in [0.25, 0.3) is 21.2 Å². The Labute approximate surface area is 175 Å². The summed E-state index contributed by atoms with van der Waals surface area (Å²) in [6, 6.07) is 20.2. The Hall–Kier alpha value is -3.84. The quantitative estimate of drug-likeness (QED) is 0.356. The zero-order valence-corrected chi connectivity index (χ0v) is 16.7. The van der Waals surface area contributed by atoms with Crippen LogP contribution in [-0.2, 0) is 0 Å². The molecule has 4 aromatic rings. The summed E-state index contributed by atoms with van der Waals surface area (Å²) in [5.74, 6) is -0.515. The SMILES string of the molecule is Cc1cccc(-c2c(NC(=O)c3cccc([N+](=O)[O-])c3)sc3ccccc3c2=O)c1. The van der Waals surface area contributed by atoms with E-state index in [-0.39, 0.29) is 16.7 Å². The number of aryl methyl sites for hydroxylation is 1. The zero-order valence-electron chi connectivity index (χ0n) is 15.9. The van der Waals surface area contributed by atoms with E-state index < -0.39 is 10.8 Å². The highest BCUT2D eigenvalue weighted by Crippen LogP contribution is 2.34. The largest absolute Gasteiger partial charge is 0.313 e. The first-order valence-electron chi connectivity index (χ1n) is 9.13. The number of carbonyl (C=O) groups excluding carboxylic acids is 1. The average Bonchev–Trinajstić information content (AvgIpc) is 2.74. The maximum Gasteiger partial charge on any atom is 0.270 e. The molecule has 0 saturated heterocycles. The highest BCUT2D eigenvalue weighted by atomic mass is 32.1. The lowest BCUT2D eigenvalue weighted by Crippen LogP contribution is -2.15. The van der Waals surface area contributed by atoms with Gasteiger partial charge in [0.25, 0.3) is 11.6 Å². The maximum atomic E-state index is 13.3. The lowest BCUT2D eigenvalue weighted by Gasteiger charge is -2.12. The predicted molar refractivity (Wildman–Crippen MR) is 119 cm³/mol. The van der Waals surface area contributed by atoms with Crippen molar-refractivity contribution in [3.05, 3.63) is 104 Å². The van der Waals surface area contributed by atoms with Gasteiger partial charge in [-0.1, -0.05) is 48.0 Å². The fraction of sp³-hybridized carbons (Fsp3) is 0.0435. The van der Waals surface area contributed by atoms with Crippen LogP contribution in [0.3, 0.4) is 0 Å². The summed E-state index contributed by atoms with van der Waals surface area (Å²) in [5.41, 5.74) is 1.89. The van der Waals surface area contributed by atoms with Gasteiger partial charge in [-0.3, -0.25) is 19.7 Å². The number of nitrogens with one attached hydrogen (secondary N) is 1. The van der Waals surface area contributed by atoms with Crippen LogP contribution in [0.2, 0.25) is 0 Å². The van der Waals surface area contributed by atoms with Crippen molar-refractivity contribution in [1.82, 2.24) is 0 Å². The molecule has 0 aliphatic heterocycles. The van der Waals surface area contributed by atoms with Crippen molar-refractivity contribution in [2.45, 2.75) is 6.92 Å². The number of rotatable bonds is 4. The topological polar surface area (TPSA) is 89.3 Å². The second-order valence-electron chi connectivity index (χ2n) is 6.76. The van der Waals surface area contributed by atoms with Crippen LogP contribution < -0.4 is 10.7 Å². The molecule has 1 heterocycles. The lowest BCUT2D eigenvalue weighted by atomic mass is 10.0. The van der Waals surface area contributed by atoms with Gasteiger partial charge in [-0.2, -0.15) is 0 Å². The molecule has 0 saturated carbocycles. The maximum absolute atomic E-state index is 13.3. The van der Waals surface area contributed by atoms with Gasteiger partial charge in [-0.15, -0.1) is 11.3 Å². The number of fused-ring (bicyclic) bond motifs is 1. The summed E-state index contributed by atoms with van der Waals surface area (Å²) in [5, 5.41) is 14.8. The number of hydrogen-bond acceptors (Lipinski definition) is 5. The Morgan fingerprint density at radius 2 is 1.77 bits per heavy atom. The van der Waals surface area contributed by atoms with E-state index in [9.17, 15) is 19.7 Å². The number of nitro groups is 1. The molecule has 3 aromatic carbocycles. The van der Waals surface area contributed by atoms with Crippen molar-refractivity contribution in [3.8, 4) is 11.1 Å². The molecule has 0 radical (unpaired) electrons. The third-order valence-electron chi connectivity index (χ3n) is 4.65. The number of carbonyl (C=O) groups is 1. The van der Waals surface area contributed by atoms with Crippen LogP contribution in [0, 0.1) is 17.0 Å². The normalized spacial score (nSPS) is 10.7. The Morgan fingerprint density at radius 3 is 2.53 bits per heavy atom. The number of benzene rings is 3. The fourth-order valence-electron chi connectivity index (χ4n) is 3.23. The summed E-state index contributed by atoms with van der Waals surface area (Å²) in [6.07, 6.45) is 0. The molecule has 30 heavy (non-hydrogen) atoms. The van der Waals surface area contributed by atoms with Gasteiger partial charge in [0.05, 0.1) is 10.5 Å². The van der Waals surface area contributed by atoms with Gasteiger partial charge in [0.1, 0.15) is 5.00 Å². The Balaban J connectivity index is 1.86. The van der Waals surface area contributed by atoms with Crippen LogP contribution in [0.15, 0.2) is 77.6 Å². The molecule has 0 aliphatic rings. The second-order valence-corrected chi connectivity index (χ2v) is 7.81. The van der Waals surface area contributed by atoms with Crippen molar-refractivity contribution >= 4 is 38.0 Å². The van der Waals surface area contributed by atoms with E-state index in [4.69, 9.17) is 0 Å². The number of nitrogens with zero attached hydrogens (tertiary/aromatic N) is 1. The van der Waals surface area contributed by atoms with Gasteiger partial charge in [-0.25, -0.2) is 0 Å². The van der Waals surface area contributed by atoms with E-state index in [1.807, 2.05) is 43.3 Å².